The third-order valence-corrected chi connectivity index (χ3v) is 2.31. The van der Waals surface area contributed by atoms with Crippen molar-refractivity contribution < 1.29 is 14.6 Å². The number of aliphatic carboxylic acids is 1. The van der Waals surface area contributed by atoms with Crippen molar-refractivity contribution in [3.05, 3.63) is 28.8 Å². The lowest BCUT2D eigenvalue weighted by Crippen LogP contribution is -2.03. The molecule has 1 N–H and O–H groups in total. The lowest BCUT2D eigenvalue weighted by Gasteiger charge is -2.09. The SMILES string of the molecule is CCc1cc(CC(=O)O)cc(OC)c1C#N. The number of nitrogens with zero attached hydrogens (tertiary/aromatic N) is 1. The third kappa shape index (κ3) is 2.51. The van der Waals surface area contributed by atoms with Gasteiger partial charge in [0.05, 0.1) is 19.1 Å². The Bertz CT molecular complexity index is 421. The molecular formula is C12H13NO3. The zero-order chi connectivity index (χ0) is 12.1. The Morgan fingerprint density at radius 3 is 2.69 bits per heavy atom. The van der Waals surface area contributed by atoms with Crippen LogP contribution >= 0.6 is 0 Å². The van der Waals surface area contributed by atoms with Gasteiger partial charge in [-0.15, -0.1) is 0 Å². The average Bonchev–Trinajstić information content (AvgIpc) is 2.26. The molecule has 16 heavy (non-hydrogen) atoms. The molecule has 0 bridgehead atoms. The van der Waals surface area contributed by atoms with E-state index in [1.807, 2.05) is 6.92 Å². The van der Waals surface area contributed by atoms with Crippen molar-refractivity contribution in [2.24, 2.45) is 0 Å². The second-order valence-corrected chi connectivity index (χ2v) is 3.37. The summed E-state index contributed by atoms with van der Waals surface area (Å²) < 4.78 is 5.09. The average molecular weight is 219 g/mol. The number of carbonyl (C=O) groups is 1. The Morgan fingerprint density at radius 1 is 1.56 bits per heavy atom. The van der Waals surface area contributed by atoms with Gasteiger partial charge in [-0.25, -0.2) is 0 Å². The maximum Gasteiger partial charge on any atom is 0.307 e. The molecule has 1 rings (SSSR count). The molecule has 0 spiro atoms. The van der Waals surface area contributed by atoms with Gasteiger partial charge < -0.3 is 9.84 Å². The van der Waals surface area contributed by atoms with Crippen LogP contribution in [-0.2, 0) is 17.6 Å². The number of benzene rings is 1. The highest BCUT2D eigenvalue weighted by Gasteiger charge is 2.11. The maximum atomic E-state index is 10.6. The zero-order valence-electron chi connectivity index (χ0n) is 9.28. The predicted molar refractivity (Wildman–Crippen MR) is 58.4 cm³/mol. The minimum atomic E-state index is -0.895. The number of hydrogen-bond acceptors (Lipinski definition) is 3. The smallest absolute Gasteiger partial charge is 0.307 e. The van der Waals surface area contributed by atoms with E-state index in [-0.39, 0.29) is 6.42 Å². The van der Waals surface area contributed by atoms with Crippen LogP contribution in [0.1, 0.15) is 23.6 Å². The van der Waals surface area contributed by atoms with E-state index in [0.29, 0.717) is 23.3 Å². The summed E-state index contributed by atoms with van der Waals surface area (Å²) in [6, 6.07) is 5.42. The number of carboxylic acids is 1. The molecule has 0 unspecified atom stereocenters. The van der Waals surface area contributed by atoms with Gasteiger partial charge in [0.15, 0.2) is 0 Å². The Balaban J connectivity index is 3.27. The van der Waals surface area contributed by atoms with Crippen molar-refractivity contribution in [3.8, 4) is 11.8 Å². The number of aryl methyl sites for hydroxylation is 1. The van der Waals surface area contributed by atoms with Gasteiger partial charge in [0.25, 0.3) is 0 Å². The van der Waals surface area contributed by atoms with Crippen molar-refractivity contribution in [3.63, 3.8) is 0 Å². The van der Waals surface area contributed by atoms with Crippen LogP contribution in [0.5, 0.6) is 5.75 Å². The van der Waals surface area contributed by atoms with Gasteiger partial charge in [-0.1, -0.05) is 13.0 Å². The Morgan fingerprint density at radius 2 is 2.25 bits per heavy atom. The van der Waals surface area contributed by atoms with Crippen LogP contribution in [0.2, 0.25) is 0 Å². The van der Waals surface area contributed by atoms with E-state index in [2.05, 4.69) is 6.07 Å². The summed E-state index contributed by atoms with van der Waals surface area (Å²) in [5.41, 5.74) is 1.96. The van der Waals surface area contributed by atoms with Crippen molar-refractivity contribution in [2.45, 2.75) is 19.8 Å². The van der Waals surface area contributed by atoms with Crippen LogP contribution < -0.4 is 4.74 Å². The Labute approximate surface area is 94.1 Å². The van der Waals surface area contributed by atoms with E-state index in [0.717, 1.165) is 5.56 Å². The first kappa shape index (κ1) is 12.1. The fraction of sp³-hybridized carbons (Fsp3) is 0.333. The molecule has 0 radical (unpaired) electrons. The summed E-state index contributed by atoms with van der Waals surface area (Å²) in [6.45, 7) is 1.92. The van der Waals surface area contributed by atoms with Crippen molar-refractivity contribution in [2.75, 3.05) is 7.11 Å². The highest BCUT2D eigenvalue weighted by molar-refractivity contribution is 5.71. The molecule has 1 aromatic rings. The molecule has 4 heteroatoms. The fourth-order valence-corrected chi connectivity index (χ4v) is 1.58. The lowest BCUT2D eigenvalue weighted by atomic mass is 10.00. The summed E-state index contributed by atoms with van der Waals surface area (Å²) in [7, 11) is 1.47. The number of carboxylic acid groups (broad SMARTS) is 1. The highest BCUT2D eigenvalue weighted by atomic mass is 16.5. The molecular weight excluding hydrogens is 206 g/mol. The van der Waals surface area contributed by atoms with Crippen molar-refractivity contribution in [1.82, 2.24) is 0 Å². The van der Waals surface area contributed by atoms with Crippen LogP contribution in [0, 0.1) is 11.3 Å². The third-order valence-electron chi connectivity index (χ3n) is 2.31. The molecule has 4 nitrogen and oxygen atoms in total. The fourth-order valence-electron chi connectivity index (χ4n) is 1.58. The zero-order valence-corrected chi connectivity index (χ0v) is 9.28. The van der Waals surface area contributed by atoms with Crippen LogP contribution in [0.3, 0.4) is 0 Å². The van der Waals surface area contributed by atoms with Crippen LogP contribution in [0.4, 0.5) is 0 Å². The van der Waals surface area contributed by atoms with Crippen LogP contribution in [0.25, 0.3) is 0 Å². The maximum absolute atomic E-state index is 10.6. The molecule has 0 aromatic heterocycles. The molecule has 0 aliphatic carbocycles. The first-order valence-corrected chi connectivity index (χ1v) is 4.94. The molecule has 0 amide bonds. The molecule has 0 atom stereocenters. The van der Waals surface area contributed by atoms with Gasteiger partial charge in [-0.2, -0.15) is 5.26 Å². The van der Waals surface area contributed by atoms with Crippen LogP contribution in [-0.4, -0.2) is 18.2 Å². The van der Waals surface area contributed by atoms with E-state index in [4.69, 9.17) is 15.1 Å². The monoisotopic (exact) mass is 219 g/mol. The minimum Gasteiger partial charge on any atom is -0.495 e. The Hall–Kier alpha value is -2.02. The second-order valence-electron chi connectivity index (χ2n) is 3.37. The summed E-state index contributed by atoms with van der Waals surface area (Å²) in [5, 5.41) is 17.7. The first-order chi connectivity index (χ1) is 7.62. The van der Waals surface area contributed by atoms with Crippen molar-refractivity contribution >= 4 is 5.97 Å². The van der Waals surface area contributed by atoms with Gasteiger partial charge in [-0.05, 0) is 23.6 Å². The number of nitriles is 1. The van der Waals surface area contributed by atoms with Gasteiger partial charge in [0.2, 0.25) is 0 Å². The molecule has 0 aliphatic heterocycles. The molecule has 84 valence electrons. The number of ether oxygens (including phenoxy) is 1. The highest BCUT2D eigenvalue weighted by Crippen LogP contribution is 2.24. The summed E-state index contributed by atoms with van der Waals surface area (Å²) >= 11 is 0. The van der Waals surface area contributed by atoms with E-state index in [9.17, 15) is 4.79 Å². The van der Waals surface area contributed by atoms with E-state index < -0.39 is 5.97 Å². The second kappa shape index (κ2) is 5.17. The number of hydrogen-bond donors (Lipinski definition) is 1. The predicted octanol–water partition coefficient (Wildman–Crippen LogP) is 1.76. The first-order valence-electron chi connectivity index (χ1n) is 4.94. The summed E-state index contributed by atoms with van der Waals surface area (Å²) in [5.74, 6) is -0.452. The van der Waals surface area contributed by atoms with Gasteiger partial charge in [0.1, 0.15) is 11.8 Å². The molecule has 0 saturated carbocycles. The standard InChI is InChI=1S/C12H13NO3/c1-3-9-4-8(6-12(14)15)5-11(16-2)10(9)7-13/h4-5H,3,6H2,1-2H3,(H,14,15). The molecule has 0 aliphatic rings. The normalized spacial score (nSPS) is 9.56. The largest absolute Gasteiger partial charge is 0.495 e. The van der Waals surface area contributed by atoms with Crippen molar-refractivity contribution in [1.29, 1.82) is 5.26 Å². The topological polar surface area (TPSA) is 70.3 Å². The molecule has 0 saturated heterocycles. The summed E-state index contributed by atoms with van der Waals surface area (Å²) in [6.07, 6.45) is 0.613. The Kier molecular flexibility index (Phi) is 3.90. The van der Waals surface area contributed by atoms with Crippen LogP contribution in [0.15, 0.2) is 12.1 Å². The molecule has 1 aromatic carbocycles. The van der Waals surface area contributed by atoms with Gasteiger partial charge in [0, 0.05) is 0 Å². The summed E-state index contributed by atoms with van der Waals surface area (Å²) in [4.78, 5) is 10.6. The van der Waals surface area contributed by atoms with Gasteiger partial charge in [-0.3, -0.25) is 4.79 Å². The number of rotatable bonds is 4. The van der Waals surface area contributed by atoms with E-state index >= 15 is 0 Å². The lowest BCUT2D eigenvalue weighted by molar-refractivity contribution is -0.136. The minimum absolute atomic E-state index is 0.0604. The van der Waals surface area contributed by atoms with E-state index in [1.165, 1.54) is 7.11 Å². The number of methoxy groups -OCH3 is 1. The van der Waals surface area contributed by atoms with E-state index in [1.54, 1.807) is 12.1 Å². The quantitative estimate of drug-likeness (QED) is 0.837. The molecule has 0 heterocycles. The molecule has 0 fully saturated rings. The van der Waals surface area contributed by atoms with Gasteiger partial charge >= 0.3 is 5.97 Å².